The van der Waals surface area contributed by atoms with Crippen LogP contribution in [-0.4, -0.2) is 39.2 Å². The van der Waals surface area contributed by atoms with Crippen LogP contribution in [0.4, 0.5) is 4.79 Å². The topological polar surface area (TPSA) is 83.7 Å². The molecule has 0 aromatic carbocycles. The molecule has 0 bridgehead atoms. The average molecular weight is 277 g/mol. The van der Waals surface area contributed by atoms with Crippen molar-refractivity contribution in [2.24, 2.45) is 0 Å². The molecule has 0 aliphatic carbocycles. The van der Waals surface area contributed by atoms with Gasteiger partial charge >= 0.3 is 17.8 Å². The van der Waals surface area contributed by atoms with Gasteiger partial charge in [-0.1, -0.05) is 19.9 Å². The van der Waals surface area contributed by atoms with Crippen molar-refractivity contribution in [2.45, 2.75) is 26.3 Å². The molecular weight excluding hydrogens is 262 g/mol. The van der Waals surface area contributed by atoms with E-state index in [0.29, 0.717) is 5.76 Å². The summed E-state index contributed by atoms with van der Waals surface area (Å²) >= 11 is 0. The van der Waals surface area contributed by atoms with Crippen molar-refractivity contribution in [3.63, 3.8) is 0 Å². The lowest BCUT2D eigenvalue weighted by Gasteiger charge is -2.12. The summed E-state index contributed by atoms with van der Waals surface area (Å²) in [5.41, 5.74) is 0. The molecule has 1 aromatic rings. The number of imide groups is 2. The molecule has 106 valence electrons. The van der Waals surface area contributed by atoms with Gasteiger partial charge in [0.2, 0.25) is 5.89 Å². The lowest BCUT2D eigenvalue weighted by atomic mass is 10.2. The smallest absolute Gasteiger partial charge is 0.335 e. The molecule has 4 amide bonds. The molecule has 0 spiro atoms. The fourth-order valence-corrected chi connectivity index (χ4v) is 1.78. The molecule has 0 radical (unpaired) electrons. The molecule has 1 fully saturated rings. The normalized spacial score (nSPS) is 15.7. The Morgan fingerprint density at radius 2 is 1.95 bits per heavy atom. The number of hydrogen-bond donors (Lipinski definition) is 0. The van der Waals surface area contributed by atoms with Crippen molar-refractivity contribution in [1.29, 1.82) is 0 Å². The number of nitrogens with zero attached hydrogens (tertiary/aromatic N) is 3. The van der Waals surface area contributed by atoms with Gasteiger partial charge in [0.15, 0.2) is 0 Å². The maximum Gasteiger partial charge on any atom is 0.335 e. The zero-order chi connectivity index (χ0) is 14.9. The van der Waals surface area contributed by atoms with E-state index in [1.54, 1.807) is 6.20 Å². The highest BCUT2D eigenvalue weighted by Crippen LogP contribution is 2.19. The Balaban J connectivity index is 2.16. The Hall–Kier alpha value is -2.44. The van der Waals surface area contributed by atoms with Crippen molar-refractivity contribution in [1.82, 2.24) is 14.8 Å². The molecule has 2 rings (SSSR count). The highest BCUT2D eigenvalue weighted by atomic mass is 16.4. The maximum absolute atomic E-state index is 12.0. The van der Waals surface area contributed by atoms with Gasteiger partial charge in [-0.2, -0.15) is 0 Å². The first-order valence-electron chi connectivity index (χ1n) is 6.18. The van der Waals surface area contributed by atoms with Gasteiger partial charge in [-0.25, -0.2) is 14.7 Å². The van der Waals surface area contributed by atoms with Gasteiger partial charge in [-0.05, 0) is 0 Å². The lowest BCUT2D eigenvalue weighted by molar-refractivity contribution is -0.143. The molecule has 1 saturated heterocycles. The number of carbonyl (C=O) groups excluding carboxylic acids is 3. The molecule has 1 aliphatic heterocycles. The summed E-state index contributed by atoms with van der Waals surface area (Å²) in [6.07, 6.45) is 2.93. The SMILES string of the molecule is C=CCN1C(=O)C(=O)N(Cc2ncc(C(C)C)o2)C1=O. The van der Waals surface area contributed by atoms with E-state index in [1.165, 1.54) is 6.08 Å². The first kappa shape index (κ1) is 14.0. The minimum atomic E-state index is -0.874. The van der Waals surface area contributed by atoms with Crippen LogP contribution in [0.15, 0.2) is 23.3 Å². The number of carbonyl (C=O) groups is 3. The van der Waals surface area contributed by atoms with Gasteiger partial charge in [0.05, 0.1) is 6.20 Å². The zero-order valence-corrected chi connectivity index (χ0v) is 11.3. The Labute approximate surface area is 115 Å². The Morgan fingerprint density at radius 1 is 1.30 bits per heavy atom. The summed E-state index contributed by atoms with van der Waals surface area (Å²) in [7, 11) is 0. The molecule has 0 N–H and O–H groups in total. The standard InChI is InChI=1S/C13H15N3O4/c1-4-5-15-11(17)12(18)16(13(15)19)7-10-14-6-9(20-10)8(2)3/h4,6,8H,1,5,7H2,2-3H3. The highest BCUT2D eigenvalue weighted by molar-refractivity contribution is 6.44. The zero-order valence-electron chi connectivity index (χ0n) is 11.3. The number of rotatable bonds is 5. The summed E-state index contributed by atoms with van der Waals surface area (Å²) in [5.74, 6) is -0.691. The fourth-order valence-electron chi connectivity index (χ4n) is 1.78. The molecule has 2 heterocycles. The second kappa shape index (κ2) is 5.28. The second-order valence-corrected chi connectivity index (χ2v) is 4.69. The van der Waals surface area contributed by atoms with Crippen LogP contribution in [-0.2, 0) is 16.1 Å². The van der Waals surface area contributed by atoms with E-state index in [2.05, 4.69) is 11.6 Å². The minimum absolute atomic E-state index is 0.00271. The van der Waals surface area contributed by atoms with Gasteiger partial charge in [0.25, 0.3) is 0 Å². The third-order valence-electron chi connectivity index (χ3n) is 2.88. The van der Waals surface area contributed by atoms with E-state index in [-0.39, 0.29) is 24.9 Å². The summed E-state index contributed by atoms with van der Waals surface area (Å²) in [6, 6.07) is -0.677. The third kappa shape index (κ3) is 2.34. The van der Waals surface area contributed by atoms with Crippen molar-refractivity contribution in [2.75, 3.05) is 6.54 Å². The van der Waals surface area contributed by atoms with Gasteiger partial charge < -0.3 is 4.42 Å². The number of urea groups is 1. The highest BCUT2D eigenvalue weighted by Gasteiger charge is 2.44. The molecular formula is C13H15N3O4. The number of amides is 4. The van der Waals surface area contributed by atoms with E-state index in [9.17, 15) is 14.4 Å². The first-order chi connectivity index (χ1) is 9.45. The summed E-state index contributed by atoms with van der Waals surface area (Å²) in [5, 5.41) is 0. The van der Waals surface area contributed by atoms with Crippen LogP contribution >= 0.6 is 0 Å². The number of aromatic nitrogens is 1. The number of oxazole rings is 1. The third-order valence-corrected chi connectivity index (χ3v) is 2.88. The van der Waals surface area contributed by atoms with E-state index in [4.69, 9.17) is 4.42 Å². The summed E-state index contributed by atoms with van der Waals surface area (Å²) in [4.78, 5) is 41.0. The minimum Gasteiger partial charge on any atom is -0.443 e. The van der Waals surface area contributed by atoms with E-state index < -0.39 is 17.8 Å². The van der Waals surface area contributed by atoms with Gasteiger partial charge in [-0.3, -0.25) is 14.5 Å². The Morgan fingerprint density at radius 3 is 2.50 bits per heavy atom. The van der Waals surface area contributed by atoms with E-state index >= 15 is 0 Å². The van der Waals surface area contributed by atoms with Crippen LogP contribution in [0.2, 0.25) is 0 Å². The molecule has 0 unspecified atom stereocenters. The van der Waals surface area contributed by atoms with E-state index in [1.807, 2.05) is 13.8 Å². The van der Waals surface area contributed by atoms with Crippen LogP contribution in [0.25, 0.3) is 0 Å². The van der Waals surface area contributed by atoms with E-state index in [0.717, 1.165) is 9.80 Å². The van der Waals surface area contributed by atoms with Gasteiger partial charge in [-0.15, -0.1) is 6.58 Å². The van der Waals surface area contributed by atoms with Crippen LogP contribution in [0, 0.1) is 0 Å². The van der Waals surface area contributed by atoms with Crippen LogP contribution < -0.4 is 0 Å². The molecule has 0 atom stereocenters. The van der Waals surface area contributed by atoms with Gasteiger partial charge in [0, 0.05) is 12.5 Å². The lowest BCUT2D eigenvalue weighted by Crippen LogP contribution is -2.33. The number of hydrogen-bond acceptors (Lipinski definition) is 5. The Kier molecular flexibility index (Phi) is 3.69. The van der Waals surface area contributed by atoms with Crippen LogP contribution in [0.1, 0.15) is 31.4 Å². The predicted octanol–water partition coefficient (Wildman–Crippen LogP) is 1.27. The molecule has 1 aliphatic rings. The van der Waals surface area contributed by atoms with Crippen LogP contribution in [0.3, 0.4) is 0 Å². The predicted molar refractivity (Wildman–Crippen MR) is 68.4 cm³/mol. The summed E-state index contributed by atoms with van der Waals surface area (Å²) in [6.45, 7) is 7.17. The molecule has 7 heteroatoms. The van der Waals surface area contributed by atoms with Crippen LogP contribution in [0.5, 0.6) is 0 Å². The van der Waals surface area contributed by atoms with Crippen molar-refractivity contribution in [3.8, 4) is 0 Å². The maximum atomic E-state index is 12.0. The molecule has 20 heavy (non-hydrogen) atoms. The van der Waals surface area contributed by atoms with Crippen molar-refractivity contribution in [3.05, 3.63) is 30.5 Å². The fraction of sp³-hybridized carbons (Fsp3) is 0.385. The quantitative estimate of drug-likeness (QED) is 0.460. The second-order valence-electron chi connectivity index (χ2n) is 4.69. The average Bonchev–Trinajstić information content (AvgIpc) is 2.94. The molecule has 0 saturated carbocycles. The Bertz CT molecular complexity index is 576. The first-order valence-corrected chi connectivity index (χ1v) is 6.18. The largest absolute Gasteiger partial charge is 0.443 e. The monoisotopic (exact) mass is 277 g/mol. The van der Waals surface area contributed by atoms with Gasteiger partial charge in [0.1, 0.15) is 12.3 Å². The molecule has 7 nitrogen and oxygen atoms in total. The van der Waals surface area contributed by atoms with Crippen molar-refractivity contribution < 1.29 is 18.8 Å². The van der Waals surface area contributed by atoms with Crippen molar-refractivity contribution >= 4 is 17.8 Å². The molecule has 1 aromatic heterocycles. The summed E-state index contributed by atoms with van der Waals surface area (Å²) < 4.78 is 5.43.